The fourth-order valence-corrected chi connectivity index (χ4v) is 3.47. The van der Waals surface area contributed by atoms with Gasteiger partial charge in [0.15, 0.2) is 5.82 Å². The van der Waals surface area contributed by atoms with Crippen molar-refractivity contribution in [3.05, 3.63) is 77.9 Å². The number of ether oxygens (including phenoxy) is 4. The van der Waals surface area contributed by atoms with Crippen molar-refractivity contribution < 1.29 is 23.7 Å². The molecule has 0 aliphatic carbocycles. The van der Waals surface area contributed by atoms with Crippen LogP contribution in [0.4, 0.5) is 5.69 Å². The summed E-state index contributed by atoms with van der Waals surface area (Å²) < 4.78 is 22.9. The number of methoxy groups -OCH3 is 3. The second-order valence-electron chi connectivity index (χ2n) is 7.94. The molecular weight excluding hydrogens is 460 g/mol. The molecule has 0 fully saturated rings. The van der Waals surface area contributed by atoms with E-state index in [1.54, 1.807) is 42.1 Å². The molecule has 9 nitrogen and oxygen atoms in total. The van der Waals surface area contributed by atoms with E-state index in [1.807, 2.05) is 43.3 Å². The number of rotatable bonds is 10. The normalized spacial score (nSPS) is 10.7. The lowest BCUT2D eigenvalue weighted by molar-refractivity contribution is 0.102. The van der Waals surface area contributed by atoms with Crippen LogP contribution < -0.4 is 19.5 Å². The number of hydrogen-bond acceptors (Lipinski definition) is 7. The minimum absolute atomic E-state index is 0.256. The number of carbonyl (C=O) groups is 1. The summed E-state index contributed by atoms with van der Waals surface area (Å²) in [5.74, 6) is 1.43. The van der Waals surface area contributed by atoms with Crippen LogP contribution in [0, 0.1) is 6.92 Å². The van der Waals surface area contributed by atoms with E-state index in [4.69, 9.17) is 18.9 Å². The van der Waals surface area contributed by atoms with Crippen molar-refractivity contribution in [2.24, 2.45) is 0 Å². The third-order valence-electron chi connectivity index (χ3n) is 5.40. The molecule has 186 valence electrons. The highest BCUT2D eigenvalue weighted by Gasteiger charge is 2.16. The van der Waals surface area contributed by atoms with Crippen LogP contribution in [0.15, 0.2) is 66.7 Å². The zero-order chi connectivity index (χ0) is 25.5. The van der Waals surface area contributed by atoms with E-state index in [-0.39, 0.29) is 11.9 Å². The first-order chi connectivity index (χ1) is 17.5. The summed E-state index contributed by atoms with van der Waals surface area (Å²) in [6.07, 6.45) is 0. The van der Waals surface area contributed by atoms with Crippen molar-refractivity contribution in [2.45, 2.75) is 6.92 Å². The second kappa shape index (κ2) is 11.4. The Labute approximate surface area is 209 Å². The Bertz CT molecular complexity index is 1300. The van der Waals surface area contributed by atoms with E-state index < -0.39 is 0 Å². The van der Waals surface area contributed by atoms with Crippen LogP contribution in [0.1, 0.15) is 15.9 Å². The molecule has 1 heterocycles. The maximum Gasteiger partial charge on any atom is 0.336 e. The molecule has 0 aliphatic rings. The first-order valence-corrected chi connectivity index (χ1v) is 11.3. The smallest absolute Gasteiger partial charge is 0.336 e. The molecule has 0 bridgehead atoms. The molecule has 0 spiro atoms. The van der Waals surface area contributed by atoms with E-state index in [0.29, 0.717) is 41.8 Å². The molecular formula is C27H28N4O5. The van der Waals surface area contributed by atoms with Gasteiger partial charge < -0.3 is 24.3 Å². The zero-order valence-corrected chi connectivity index (χ0v) is 20.6. The number of anilines is 1. The number of aromatic nitrogens is 3. The van der Waals surface area contributed by atoms with Crippen LogP contribution in [0.2, 0.25) is 0 Å². The molecule has 0 radical (unpaired) electrons. The van der Waals surface area contributed by atoms with Gasteiger partial charge in [0.1, 0.15) is 18.1 Å². The van der Waals surface area contributed by atoms with Crippen molar-refractivity contribution in [2.75, 3.05) is 39.9 Å². The Morgan fingerprint density at radius 3 is 2.17 bits per heavy atom. The van der Waals surface area contributed by atoms with Gasteiger partial charge in [0, 0.05) is 30.0 Å². The Morgan fingerprint density at radius 2 is 1.56 bits per heavy atom. The topological polar surface area (TPSA) is 96.7 Å². The molecule has 0 atom stereocenters. The molecule has 0 saturated carbocycles. The van der Waals surface area contributed by atoms with E-state index in [9.17, 15) is 4.79 Å². The summed E-state index contributed by atoms with van der Waals surface area (Å²) in [6.45, 7) is 2.80. The standard InChI is InChI=1S/C27H28N4O5/c1-18-5-7-19(8-6-18)25-29-27(36-14-13-33-2)30-31(25)22-11-9-21(10-12-22)28-26(32)20-15-23(34-3)17-24(16-20)35-4/h5-12,15-17H,13-14H2,1-4H3,(H,28,32). The number of amides is 1. The van der Waals surface area contributed by atoms with Crippen molar-refractivity contribution >= 4 is 11.6 Å². The Hall–Kier alpha value is -4.37. The molecule has 1 amide bonds. The molecule has 1 aromatic heterocycles. The van der Waals surface area contributed by atoms with E-state index in [0.717, 1.165) is 16.8 Å². The van der Waals surface area contributed by atoms with Gasteiger partial charge in [-0.2, -0.15) is 4.98 Å². The van der Waals surface area contributed by atoms with Gasteiger partial charge in [-0.1, -0.05) is 29.8 Å². The molecule has 0 unspecified atom stereocenters. The summed E-state index contributed by atoms with van der Waals surface area (Å²) in [7, 11) is 4.69. The van der Waals surface area contributed by atoms with Gasteiger partial charge in [0.05, 0.1) is 26.5 Å². The summed E-state index contributed by atoms with van der Waals surface area (Å²) >= 11 is 0. The van der Waals surface area contributed by atoms with E-state index >= 15 is 0 Å². The first-order valence-electron chi connectivity index (χ1n) is 11.3. The third kappa shape index (κ3) is 5.81. The van der Waals surface area contributed by atoms with E-state index in [1.165, 1.54) is 14.2 Å². The lowest BCUT2D eigenvalue weighted by Crippen LogP contribution is -2.12. The third-order valence-corrected chi connectivity index (χ3v) is 5.40. The summed E-state index contributed by atoms with van der Waals surface area (Å²) in [5, 5.41) is 7.44. The van der Waals surface area contributed by atoms with Gasteiger partial charge in [0.25, 0.3) is 5.91 Å². The van der Waals surface area contributed by atoms with Gasteiger partial charge >= 0.3 is 6.01 Å². The fraction of sp³-hybridized carbons (Fsp3) is 0.222. The Kier molecular flexibility index (Phi) is 7.82. The van der Waals surface area contributed by atoms with E-state index in [2.05, 4.69) is 15.4 Å². The van der Waals surface area contributed by atoms with Crippen LogP contribution in [-0.2, 0) is 4.74 Å². The van der Waals surface area contributed by atoms with Crippen molar-refractivity contribution in [3.63, 3.8) is 0 Å². The zero-order valence-electron chi connectivity index (χ0n) is 20.6. The fourth-order valence-electron chi connectivity index (χ4n) is 3.47. The lowest BCUT2D eigenvalue weighted by atomic mass is 10.1. The summed E-state index contributed by atoms with van der Waals surface area (Å²) in [6, 6.07) is 20.6. The van der Waals surface area contributed by atoms with Crippen LogP contribution in [-0.4, -0.2) is 55.2 Å². The molecule has 4 rings (SSSR count). The summed E-state index contributed by atoms with van der Waals surface area (Å²) in [5.41, 5.74) is 3.86. The molecule has 0 saturated heterocycles. The quantitative estimate of drug-likeness (QED) is 0.328. The number of carbonyl (C=O) groups excluding carboxylic acids is 1. The minimum atomic E-state index is -0.283. The molecule has 1 N–H and O–H groups in total. The highest BCUT2D eigenvalue weighted by molar-refractivity contribution is 6.04. The molecule has 9 heteroatoms. The minimum Gasteiger partial charge on any atom is -0.497 e. The molecule has 0 aliphatic heterocycles. The maximum atomic E-state index is 12.8. The number of aryl methyl sites for hydroxylation is 1. The largest absolute Gasteiger partial charge is 0.497 e. The number of nitrogens with one attached hydrogen (secondary N) is 1. The van der Waals surface area contributed by atoms with Crippen LogP contribution in [0.25, 0.3) is 17.1 Å². The van der Waals surface area contributed by atoms with Gasteiger partial charge in [-0.05, 0) is 43.3 Å². The van der Waals surface area contributed by atoms with Crippen LogP contribution >= 0.6 is 0 Å². The average Bonchev–Trinajstić information content (AvgIpc) is 3.33. The molecule has 36 heavy (non-hydrogen) atoms. The number of nitrogens with zero attached hydrogens (tertiary/aromatic N) is 3. The van der Waals surface area contributed by atoms with Crippen molar-refractivity contribution in [1.29, 1.82) is 0 Å². The van der Waals surface area contributed by atoms with Crippen molar-refractivity contribution in [1.82, 2.24) is 14.8 Å². The van der Waals surface area contributed by atoms with Gasteiger partial charge in [0.2, 0.25) is 0 Å². The first kappa shape index (κ1) is 24.7. The second-order valence-corrected chi connectivity index (χ2v) is 7.94. The summed E-state index contributed by atoms with van der Waals surface area (Å²) in [4.78, 5) is 17.4. The number of benzene rings is 3. The SMILES string of the molecule is COCCOc1nc(-c2ccc(C)cc2)n(-c2ccc(NC(=O)c3cc(OC)cc(OC)c3)cc2)n1. The van der Waals surface area contributed by atoms with Gasteiger partial charge in [-0.3, -0.25) is 4.79 Å². The highest BCUT2D eigenvalue weighted by atomic mass is 16.5. The van der Waals surface area contributed by atoms with Crippen LogP contribution in [0.5, 0.6) is 17.5 Å². The monoisotopic (exact) mass is 488 g/mol. The Balaban J connectivity index is 1.58. The number of hydrogen-bond donors (Lipinski definition) is 1. The van der Waals surface area contributed by atoms with Gasteiger partial charge in [-0.15, -0.1) is 5.10 Å². The van der Waals surface area contributed by atoms with Gasteiger partial charge in [-0.25, -0.2) is 4.68 Å². The van der Waals surface area contributed by atoms with Crippen LogP contribution in [0.3, 0.4) is 0 Å². The predicted molar refractivity (Wildman–Crippen MR) is 136 cm³/mol. The Morgan fingerprint density at radius 1 is 0.889 bits per heavy atom. The molecule has 3 aromatic carbocycles. The highest BCUT2D eigenvalue weighted by Crippen LogP contribution is 2.26. The predicted octanol–water partition coefficient (Wildman–Crippen LogP) is 4.54. The lowest BCUT2D eigenvalue weighted by Gasteiger charge is -2.10. The average molecular weight is 489 g/mol. The molecule has 4 aromatic rings. The maximum absolute atomic E-state index is 12.8. The van der Waals surface area contributed by atoms with Crippen molar-refractivity contribution in [3.8, 4) is 34.6 Å².